The molecule has 0 amide bonds. The van der Waals surface area contributed by atoms with Crippen LogP contribution in [0.5, 0.6) is 0 Å². The van der Waals surface area contributed by atoms with Gasteiger partial charge in [-0.2, -0.15) is 0 Å². The van der Waals surface area contributed by atoms with Crippen LogP contribution in [0.1, 0.15) is 31.4 Å². The second kappa shape index (κ2) is 7.62. The largest absolute Gasteiger partial charge is 0.370 e. The van der Waals surface area contributed by atoms with Crippen molar-refractivity contribution in [3.8, 4) is 0 Å². The van der Waals surface area contributed by atoms with E-state index in [0.717, 1.165) is 31.1 Å². The fourth-order valence-electron chi connectivity index (χ4n) is 2.05. The summed E-state index contributed by atoms with van der Waals surface area (Å²) in [6.45, 7) is 8.24. The van der Waals surface area contributed by atoms with Crippen LogP contribution in [0.4, 0.5) is 11.6 Å². The molecule has 2 N–H and O–H groups in total. The minimum absolute atomic E-state index is 0.693. The predicted molar refractivity (Wildman–Crippen MR) is 88.5 cm³/mol. The molecule has 0 aliphatic heterocycles. The molecule has 0 unspecified atom stereocenters. The van der Waals surface area contributed by atoms with Gasteiger partial charge in [-0.25, -0.2) is 9.97 Å². The second-order valence-corrected chi connectivity index (χ2v) is 5.74. The van der Waals surface area contributed by atoms with E-state index in [0.29, 0.717) is 5.92 Å². The lowest BCUT2D eigenvalue weighted by molar-refractivity contribution is 0.606. The van der Waals surface area contributed by atoms with E-state index >= 15 is 0 Å². The summed E-state index contributed by atoms with van der Waals surface area (Å²) < 4.78 is 0. The molecule has 4 nitrogen and oxygen atoms in total. The molecule has 0 fully saturated rings. The van der Waals surface area contributed by atoms with E-state index in [4.69, 9.17) is 0 Å². The van der Waals surface area contributed by atoms with Crippen molar-refractivity contribution in [2.24, 2.45) is 5.92 Å². The number of aryl methyl sites for hydroxylation is 1. The van der Waals surface area contributed by atoms with E-state index in [1.165, 1.54) is 11.1 Å². The number of hydrogen-bond donors (Lipinski definition) is 2. The highest BCUT2D eigenvalue weighted by Gasteiger charge is 2.00. The highest BCUT2D eigenvalue weighted by Crippen LogP contribution is 2.11. The molecule has 0 bridgehead atoms. The van der Waals surface area contributed by atoms with E-state index in [2.05, 4.69) is 65.6 Å². The van der Waals surface area contributed by atoms with Crippen molar-refractivity contribution in [1.82, 2.24) is 9.97 Å². The lowest BCUT2D eigenvalue weighted by atomic mass is 10.1. The quantitative estimate of drug-likeness (QED) is 0.810. The van der Waals surface area contributed by atoms with Gasteiger partial charge >= 0.3 is 0 Å². The Morgan fingerprint density at radius 2 is 1.81 bits per heavy atom. The molecule has 0 radical (unpaired) electrons. The summed E-state index contributed by atoms with van der Waals surface area (Å²) in [5.74, 6) is 2.41. The van der Waals surface area contributed by atoms with Gasteiger partial charge in [-0.3, -0.25) is 0 Å². The normalized spacial score (nSPS) is 10.7. The Morgan fingerprint density at radius 3 is 2.52 bits per heavy atom. The first-order chi connectivity index (χ1) is 10.1. The zero-order valence-electron chi connectivity index (χ0n) is 13.1. The third kappa shape index (κ3) is 5.42. The number of hydrogen-bond acceptors (Lipinski definition) is 4. The number of benzene rings is 1. The molecule has 0 atom stereocenters. The summed E-state index contributed by atoms with van der Waals surface area (Å²) >= 11 is 0. The fraction of sp³-hybridized carbons (Fsp3) is 0.412. The molecule has 1 aromatic carbocycles. The van der Waals surface area contributed by atoms with Gasteiger partial charge in [0.25, 0.3) is 0 Å². The van der Waals surface area contributed by atoms with E-state index in [-0.39, 0.29) is 0 Å². The van der Waals surface area contributed by atoms with Gasteiger partial charge in [-0.15, -0.1) is 0 Å². The van der Waals surface area contributed by atoms with Gasteiger partial charge < -0.3 is 10.6 Å². The van der Waals surface area contributed by atoms with Crippen LogP contribution in [0, 0.1) is 12.8 Å². The Bertz CT molecular complexity index is 566. The Kier molecular flexibility index (Phi) is 5.55. The maximum Gasteiger partial charge on any atom is 0.131 e. The van der Waals surface area contributed by atoms with Crippen molar-refractivity contribution in [3.05, 3.63) is 47.8 Å². The van der Waals surface area contributed by atoms with Crippen LogP contribution in [0.3, 0.4) is 0 Å². The minimum atomic E-state index is 0.693. The van der Waals surface area contributed by atoms with Crippen LogP contribution in [0.2, 0.25) is 0 Å². The van der Waals surface area contributed by atoms with Gasteiger partial charge in [0.1, 0.15) is 18.0 Å². The third-order valence-electron chi connectivity index (χ3n) is 3.25. The van der Waals surface area contributed by atoms with E-state index < -0.39 is 0 Å². The fourth-order valence-corrected chi connectivity index (χ4v) is 2.05. The third-order valence-corrected chi connectivity index (χ3v) is 3.25. The van der Waals surface area contributed by atoms with Crippen LogP contribution in [-0.2, 0) is 6.54 Å². The molecule has 0 saturated carbocycles. The molecule has 0 spiro atoms. The monoisotopic (exact) mass is 284 g/mol. The van der Waals surface area contributed by atoms with Gasteiger partial charge in [0.2, 0.25) is 0 Å². The van der Waals surface area contributed by atoms with Crippen molar-refractivity contribution >= 4 is 11.6 Å². The van der Waals surface area contributed by atoms with Crippen molar-refractivity contribution < 1.29 is 0 Å². The molecule has 2 rings (SSSR count). The molecular formula is C17H24N4. The summed E-state index contributed by atoms with van der Waals surface area (Å²) in [5, 5.41) is 6.67. The minimum Gasteiger partial charge on any atom is -0.370 e. The molecule has 0 aliphatic rings. The first-order valence-corrected chi connectivity index (χ1v) is 7.49. The lowest BCUT2D eigenvalue weighted by Gasteiger charge is -2.10. The molecule has 2 aromatic rings. The number of nitrogens with one attached hydrogen (secondary N) is 2. The summed E-state index contributed by atoms with van der Waals surface area (Å²) in [6.07, 6.45) is 2.73. The molecule has 0 saturated heterocycles. The van der Waals surface area contributed by atoms with Crippen LogP contribution in [-0.4, -0.2) is 16.5 Å². The smallest absolute Gasteiger partial charge is 0.131 e. The van der Waals surface area contributed by atoms with Gasteiger partial charge in [0.05, 0.1) is 0 Å². The van der Waals surface area contributed by atoms with E-state index in [9.17, 15) is 0 Å². The Hall–Kier alpha value is -2.10. The van der Waals surface area contributed by atoms with E-state index in [1.807, 2.05) is 6.07 Å². The maximum absolute atomic E-state index is 4.26. The van der Waals surface area contributed by atoms with E-state index in [1.54, 1.807) is 6.33 Å². The van der Waals surface area contributed by atoms with Gasteiger partial charge in [0.15, 0.2) is 0 Å². The first kappa shape index (κ1) is 15.3. The standard InChI is InChI=1S/C17H24N4/c1-13(2)7-8-18-16-10-17(21-12-20-16)19-11-15-6-4-5-14(3)9-15/h4-6,9-10,12-13H,7-8,11H2,1-3H3,(H2,18,19,20,21). The predicted octanol–water partition coefficient (Wildman–Crippen LogP) is 3.86. The zero-order chi connectivity index (χ0) is 15.1. The van der Waals surface area contributed by atoms with Crippen molar-refractivity contribution in [2.75, 3.05) is 17.2 Å². The summed E-state index contributed by atoms with van der Waals surface area (Å²) in [4.78, 5) is 8.50. The summed E-state index contributed by atoms with van der Waals surface area (Å²) in [6, 6.07) is 10.4. The second-order valence-electron chi connectivity index (χ2n) is 5.74. The maximum atomic E-state index is 4.26. The highest BCUT2D eigenvalue weighted by atomic mass is 15.1. The number of nitrogens with zero attached hydrogens (tertiary/aromatic N) is 2. The summed E-state index contributed by atoms with van der Waals surface area (Å²) in [7, 11) is 0. The molecule has 1 heterocycles. The molecule has 1 aromatic heterocycles. The van der Waals surface area contributed by atoms with Crippen molar-refractivity contribution in [2.45, 2.75) is 33.7 Å². The molecule has 21 heavy (non-hydrogen) atoms. The van der Waals surface area contributed by atoms with Gasteiger partial charge in [-0.1, -0.05) is 43.7 Å². The molecule has 112 valence electrons. The number of anilines is 2. The average molecular weight is 284 g/mol. The Morgan fingerprint density at radius 1 is 1.05 bits per heavy atom. The van der Waals surface area contributed by atoms with Crippen molar-refractivity contribution in [1.29, 1.82) is 0 Å². The van der Waals surface area contributed by atoms with Crippen LogP contribution < -0.4 is 10.6 Å². The SMILES string of the molecule is Cc1cccc(CNc2cc(NCCC(C)C)ncn2)c1. The van der Waals surface area contributed by atoms with Crippen LogP contribution in [0.15, 0.2) is 36.7 Å². The highest BCUT2D eigenvalue weighted by molar-refractivity contribution is 5.46. The van der Waals surface area contributed by atoms with Gasteiger partial charge in [0, 0.05) is 19.2 Å². The van der Waals surface area contributed by atoms with Gasteiger partial charge in [-0.05, 0) is 24.8 Å². The summed E-state index contributed by atoms with van der Waals surface area (Å²) in [5.41, 5.74) is 2.52. The number of aromatic nitrogens is 2. The van der Waals surface area contributed by atoms with Crippen molar-refractivity contribution in [3.63, 3.8) is 0 Å². The average Bonchev–Trinajstić information content (AvgIpc) is 2.45. The molecule has 4 heteroatoms. The number of rotatable bonds is 7. The lowest BCUT2D eigenvalue weighted by Crippen LogP contribution is -2.08. The van der Waals surface area contributed by atoms with Crippen LogP contribution >= 0.6 is 0 Å². The zero-order valence-corrected chi connectivity index (χ0v) is 13.1. The first-order valence-electron chi connectivity index (χ1n) is 7.49. The topological polar surface area (TPSA) is 49.8 Å². The Balaban J connectivity index is 1.88. The molecule has 0 aliphatic carbocycles. The molecular weight excluding hydrogens is 260 g/mol. The van der Waals surface area contributed by atoms with Crippen LogP contribution in [0.25, 0.3) is 0 Å². The Labute approximate surface area is 127 Å².